The number of hydrogen-bond acceptors (Lipinski definition) is 10. The third-order valence-corrected chi connectivity index (χ3v) is 7.86. The van der Waals surface area contributed by atoms with Crippen molar-refractivity contribution >= 4 is 15.7 Å². The van der Waals surface area contributed by atoms with E-state index in [-0.39, 0.29) is 53.7 Å². The minimum atomic E-state index is -4.74. The second kappa shape index (κ2) is 12.9. The number of piperidine rings is 1. The van der Waals surface area contributed by atoms with Gasteiger partial charge in [0, 0.05) is 36.7 Å². The van der Waals surface area contributed by atoms with Crippen molar-refractivity contribution in [1.82, 2.24) is 19.3 Å². The molecule has 1 aliphatic heterocycles. The zero-order valence-electron chi connectivity index (χ0n) is 21.3. The molecule has 0 spiro atoms. The lowest BCUT2D eigenvalue weighted by molar-refractivity contribution is -0.384. The van der Waals surface area contributed by atoms with E-state index in [0.717, 1.165) is 46.8 Å². The minimum absolute atomic E-state index is 0.0483. The van der Waals surface area contributed by atoms with Gasteiger partial charge in [-0.1, -0.05) is 12.1 Å². The molecule has 228 valence electrons. The second-order valence-electron chi connectivity index (χ2n) is 8.71. The summed E-state index contributed by atoms with van der Waals surface area (Å²) in [5.41, 5.74) is -1.43. The fourth-order valence-electron chi connectivity index (χ4n) is 3.97. The van der Waals surface area contributed by atoms with Gasteiger partial charge < -0.3 is 4.74 Å². The van der Waals surface area contributed by atoms with Gasteiger partial charge in [0.15, 0.2) is 12.4 Å². The van der Waals surface area contributed by atoms with Crippen molar-refractivity contribution in [1.29, 1.82) is 0 Å². The van der Waals surface area contributed by atoms with Gasteiger partial charge in [0.25, 0.3) is 5.69 Å². The third kappa shape index (κ3) is 8.08. The van der Waals surface area contributed by atoms with Crippen LogP contribution in [0.1, 0.15) is 30.1 Å². The van der Waals surface area contributed by atoms with E-state index in [1.807, 2.05) is 0 Å². The highest BCUT2D eigenvalue weighted by Gasteiger charge is 2.34. The van der Waals surface area contributed by atoms with E-state index in [2.05, 4.69) is 31.4 Å². The predicted molar refractivity (Wildman–Crippen MR) is 134 cm³/mol. The number of nitrogens with zero attached hydrogens (tertiary/aromatic N) is 5. The normalized spacial score (nSPS) is 15.0. The molecule has 12 nitrogen and oxygen atoms in total. The van der Waals surface area contributed by atoms with E-state index in [4.69, 9.17) is 0 Å². The number of aromatic nitrogens is 3. The maximum absolute atomic E-state index is 13.2. The van der Waals surface area contributed by atoms with E-state index in [9.17, 15) is 44.9 Å². The molecule has 0 atom stereocenters. The molecule has 4 N–H and O–H groups in total. The fourth-order valence-corrected chi connectivity index (χ4v) is 5.44. The van der Waals surface area contributed by atoms with Gasteiger partial charge >= 0.3 is 18.4 Å². The molecule has 1 aliphatic rings. The molecule has 0 aliphatic carbocycles. The van der Waals surface area contributed by atoms with Gasteiger partial charge in [0.2, 0.25) is 10.0 Å². The highest BCUT2D eigenvalue weighted by Crippen LogP contribution is 2.34. The standard InChI is InChI=1S/C23H19F6N5O5S.H4N2/c24-22(25,26)13-39-21-31-19(30-20(32-21)15-2-1-3-16(12-15)23(27,28)29)14-8-10-33(11-9-14)40(37,38)18-6-4-17(5-7-18)34(35)36;1-2/h1-7,12,14H,8-11,13H2;1-2H2. The molecule has 0 radical (unpaired) electrons. The number of halogens is 6. The first-order chi connectivity index (χ1) is 19.6. The maximum Gasteiger partial charge on any atom is 0.422 e. The summed E-state index contributed by atoms with van der Waals surface area (Å²) in [6.45, 7) is -1.84. The number of hydrogen-bond donors (Lipinski definition) is 2. The lowest BCUT2D eigenvalue weighted by Gasteiger charge is -2.30. The number of nitro groups is 1. The average Bonchev–Trinajstić information content (AvgIpc) is 2.96. The van der Waals surface area contributed by atoms with Gasteiger partial charge in [-0.25, -0.2) is 13.4 Å². The summed E-state index contributed by atoms with van der Waals surface area (Å²) >= 11 is 0. The molecule has 0 amide bonds. The Bertz CT molecular complexity index is 1500. The van der Waals surface area contributed by atoms with E-state index in [1.54, 1.807) is 0 Å². The Hall–Kier alpha value is -3.94. The van der Waals surface area contributed by atoms with Crippen LogP contribution in [-0.4, -0.2) is 58.5 Å². The van der Waals surface area contributed by atoms with Crippen LogP contribution in [-0.2, 0) is 16.2 Å². The largest absolute Gasteiger partial charge is 0.454 e. The molecule has 0 saturated carbocycles. The number of non-ortho nitro benzene ring substituents is 1. The van der Waals surface area contributed by atoms with Crippen molar-refractivity contribution in [3.05, 3.63) is 70.0 Å². The molecule has 1 saturated heterocycles. The Morgan fingerprint density at radius 3 is 2.14 bits per heavy atom. The molecule has 2 aromatic carbocycles. The monoisotopic (exact) mass is 623 g/mol. The first-order valence-corrected chi connectivity index (χ1v) is 13.3. The van der Waals surface area contributed by atoms with E-state index < -0.39 is 51.4 Å². The zero-order chi connectivity index (χ0) is 31.3. The molecule has 1 aromatic heterocycles. The van der Waals surface area contributed by atoms with Crippen molar-refractivity contribution in [3.8, 4) is 17.4 Å². The first-order valence-electron chi connectivity index (χ1n) is 11.8. The van der Waals surface area contributed by atoms with Crippen LogP contribution in [0.5, 0.6) is 6.01 Å². The van der Waals surface area contributed by atoms with Crippen LogP contribution in [0.25, 0.3) is 11.4 Å². The Kier molecular flexibility index (Phi) is 10.0. The Morgan fingerprint density at radius 2 is 1.60 bits per heavy atom. The third-order valence-electron chi connectivity index (χ3n) is 5.95. The number of benzene rings is 2. The van der Waals surface area contributed by atoms with Crippen LogP contribution >= 0.6 is 0 Å². The topological polar surface area (TPSA) is 180 Å². The number of nitrogens with two attached hydrogens (primary N) is 2. The molecule has 0 bridgehead atoms. The summed E-state index contributed by atoms with van der Waals surface area (Å²) < 4.78 is 110. The van der Waals surface area contributed by atoms with Crippen molar-refractivity contribution in [3.63, 3.8) is 0 Å². The molecule has 42 heavy (non-hydrogen) atoms. The first kappa shape index (κ1) is 32.6. The fraction of sp³-hybridized carbons (Fsp3) is 0.348. The predicted octanol–water partition coefficient (Wildman–Crippen LogP) is 3.79. The van der Waals surface area contributed by atoms with Crippen LogP contribution in [0.3, 0.4) is 0 Å². The Labute approximate surface area is 234 Å². The molecule has 0 unspecified atom stereocenters. The maximum atomic E-state index is 13.2. The van der Waals surface area contributed by atoms with Crippen molar-refractivity contribution in [2.24, 2.45) is 11.7 Å². The summed E-state index contributed by atoms with van der Waals surface area (Å²) in [6, 6.07) is 7.50. The number of sulfonamides is 1. The smallest absolute Gasteiger partial charge is 0.422 e. The molecular weight excluding hydrogens is 600 g/mol. The van der Waals surface area contributed by atoms with Crippen LogP contribution in [0, 0.1) is 10.1 Å². The van der Waals surface area contributed by atoms with Crippen LogP contribution in [0.15, 0.2) is 53.4 Å². The van der Waals surface area contributed by atoms with Crippen LogP contribution in [0.4, 0.5) is 32.0 Å². The van der Waals surface area contributed by atoms with Gasteiger partial charge in [-0.3, -0.25) is 21.8 Å². The van der Waals surface area contributed by atoms with Gasteiger partial charge in [0.05, 0.1) is 15.4 Å². The lowest BCUT2D eigenvalue weighted by Crippen LogP contribution is -2.38. The summed E-state index contributed by atoms with van der Waals surface area (Å²) in [7, 11) is -4.01. The molecule has 4 rings (SSSR count). The Morgan fingerprint density at radius 1 is 0.976 bits per heavy atom. The van der Waals surface area contributed by atoms with Gasteiger partial charge in [-0.05, 0) is 37.1 Å². The van der Waals surface area contributed by atoms with Gasteiger partial charge in [-0.2, -0.15) is 40.6 Å². The molecule has 3 aromatic rings. The highest BCUT2D eigenvalue weighted by atomic mass is 32.2. The summed E-state index contributed by atoms with van der Waals surface area (Å²) in [5, 5.41) is 10.8. The number of alkyl halides is 6. The SMILES string of the molecule is NN.O=[N+]([O-])c1ccc(S(=O)(=O)N2CCC(c3nc(OCC(F)(F)F)nc(-c4cccc(C(F)(F)F)c4)n3)CC2)cc1. The van der Waals surface area contributed by atoms with E-state index in [0.29, 0.717) is 0 Å². The molecule has 19 heteroatoms. The molecule has 2 heterocycles. The van der Waals surface area contributed by atoms with E-state index in [1.165, 1.54) is 6.07 Å². The zero-order valence-corrected chi connectivity index (χ0v) is 22.2. The van der Waals surface area contributed by atoms with Crippen LogP contribution in [0.2, 0.25) is 0 Å². The van der Waals surface area contributed by atoms with Crippen molar-refractivity contribution in [2.75, 3.05) is 19.7 Å². The van der Waals surface area contributed by atoms with Crippen molar-refractivity contribution in [2.45, 2.75) is 36.0 Å². The van der Waals surface area contributed by atoms with Gasteiger partial charge in [-0.15, -0.1) is 0 Å². The quantitative estimate of drug-likeness (QED) is 0.170. The van der Waals surface area contributed by atoms with Crippen molar-refractivity contribution < 1.29 is 44.4 Å². The Balaban J connectivity index is 0.00000237. The number of ether oxygens (including phenoxy) is 1. The minimum Gasteiger partial charge on any atom is -0.454 e. The summed E-state index contributed by atoms with van der Waals surface area (Å²) in [6.07, 6.45) is -9.18. The molecular formula is C23H23F6N7O5S. The molecule has 1 fully saturated rings. The van der Waals surface area contributed by atoms with E-state index >= 15 is 0 Å². The number of rotatable bonds is 7. The summed E-state index contributed by atoms with van der Waals surface area (Å²) in [4.78, 5) is 21.9. The number of nitro benzene ring substituents is 1. The van der Waals surface area contributed by atoms with Crippen LogP contribution < -0.4 is 16.4 Å². The summed E-state index contributed by atoms with van der Waals surface area (Å²) in [5.74, 6) is 7.02. The highest BCUT2D eigenvalue weighted by molar-refractivity contribution is 7.89. The average molecular weight is 624 g/mol. The number of hydrazine groups is 1. The second-order valence-corrected chi connectivity index (χ2v) is 10.6. The lowest BCUT2D eigenvalue weighted by atomic mass is 9.97. The van der Waals surface area contributed by atoms with Gasteiger partial charge in [0.1, 0.15) is 5.82 Å².